The van der Waals surface area contributed by atoms with Crippen molar-refractivity contribution in [2.75, 3.05) is 50.2 Å². The van der Waals surface area contributed by atoms with Gasteiger partial charge in [0.05, 0.1) is 19.8 Å². The number of ether oxygens (including phenoxy) is 2. The molecule has 4 aliphatic carbocycles. The van der Waals surface area contributed by atoms with Crippen LogP contribution in [0.3, 0.4) is 0 Å². The van der Waals surface area contributed by atoms with E-state index >= 15 is 0 Å². The maximum atomic E-state index is 13.2. The Labute approximate surface area is 212 Å². The van der Waals surface area contributed by atoms with Crippen LogP contribution in [0.4, 0.5) is 11.5 Å². The third-order valence-corrected chi connectivity index (χ3v) is 8.84. The van der Waals surface area contributed by atoms with Crippen molar-refractivity contribution in [1.29, 1.82) is 0 Å². The molecule has 5 fully saturated rings. The second-order valence-electron chi connectivity index (χ2n) is 11.1. The van der Waals surface area contributed by atoms with Crippen LogP contribution in [0.25, 0.3) is 0 Å². The molecule has 1 aliphatic heterocycles. The highest BCUT2D eigenvalue weighted by atomic mass is 16.5. The SMILES string of the molecule is COc1ccc(N2CCN(c3cccc(C(=O)NC4C5CC6CC4CC(O)(C6)C5)n3)CC2)cc1OC. The first-order chi connectivity index (χ1) is 17.4. The predicted octanol–water partition coefficient (Wildman–Crippen LogP) is 3.09. The smallest absolute Gasteiger partial charge is 0.270 e. The highest BCUT2D eigenvalue weighted by molar-refractivity contribution is 5.93. The molecule has 2 atom stereocenters. The molecule has 5 aliphatic rings. The summed E-state index contributed by atoms with van der Waals surface area (Å²) in [5.41, 5.74) is 1.09. The fourth-order valence-corrected chi connectivity index (χ4v) is 7.38. The standard InChI is InChI=1S/C28H36N4O4/c1-35-23-7-6-21(14-24(23)36-2)31-8-10-32(11-9-31)25-5-3-4-22(29-25)27(33)30-26-19-12-18-13-20(26)17-28(34,15-18)16-19/h3-7,14,18-20,26,34H,8-13,15-17H2,1-2H3,(H,30,33). The minimum atomic E-state index is -0.491. The lowest BCUT2D eigenvalue weighted by Gasteiger charge is -2.58. The number of piperazine rings is 1. The normalized spacial score (nSPS) is 30.9. The molecule has 0 radical (unpaired) electrons. The van der Waals surface area contributed by atoms with Gasteiger partial charge < -0.3 is 29.7 Å². The van der Waals surface area contributed by atoms with Gasteiger partial charge in [0.15, 0.2) is 11.5 Å². The second kappa shape index (κ2) is 9.14. The van der Waals surface area contributed by atoms with Gasteiger partial charge in [-0.3, -0.25) is 4.79 Å². The van der Waals surface area contributed by atoms with Crippen molar-refractivity contribution in [3.05, 3.63) is 42.1 Å². The van der Waals surface area contributed by atoms with E-state index in [1.807, 2.05) is 30.3 Å². The average Bonchev–Trinajstić information content (AvgIpc) is 2.89. The van der Waals surface area contributed by atoms with Gasteiger partial charge in [0.25, 0.3) is 5.91 Å². The summed E-state index contributed by atoms with van der Waals surface area (Å²) in [6, 6.07) is 11.9. The number of benzene rings is 1. The van der Waals surface area contributed by atoms with Crippen molar-refractivity contribution < 1.29 is 19.4 Å². The summed E-state index contributed by atoms with van der Waals surface area (Å²) >= 11 is 0. The van der Waals surface area contributed by atoms with E-state index in [0.29, 0.717) is 23.4 Å². The molecule has 1 aromatic carbocycles. The highest BCUT2D eigenvalue weighted by Gasteiger charge is 2.55. The number of aromatic nitrogens is 1. The van der Waals surface area contributed by atoms with Crippen molar-refractivity contribution in [3.8, 4) is 11.5 Å². The third-order valence-electron chi connectivity index (χ3n) is 8.84. The van der Waals surface area contributed by atoms with E-state index in [1.165, 1.54) is 0 Å². The molecule has 2 heterocycles. The molecule has 2 unspecified atom stereocenters. The molecule has 1 saturated heterocycles. The number of aliphatic hydroxyl groups is 1. The molecule has 2 aromatic rings. The Hall–Kier alpha value is -3.00. The Morgan fingerprint density at radius 1 is 0.972 bits per heavy atom. The average molecular weight is 493 g/mol. The first-order valence-electron chi connectivity index (χ1n) is 13.2. The zero-order valence-corrected chi connectivity index (χ0v) is 21.2. The molecule has 1 aromatic heterocycles. The van der Waals surface area contributed by atoms with Crippen LogP contribution in [-0.2, 0) is 0 Å². The Bertz CT molecular complexity index is 1120. The van der Waals surface area contributed by atoms with Gasteiger partial charge in [-0.05, 0) is 74.1 Å². The predicted molar refractivity (Wildman–Crippen MR) is 138 cm³/mol. The molecule has 8 heteroatoms. The van der Waals surface area contributed by atoms with E-state index in [0.717, 1.165) is 81.3 Å². The molecule has 4 saturated carbocycles. The Morgan fingerprint density at radius 3 is 2.33 bits per heavy atom. The van der Waals surface area contributed by atoms with Gasteiger partial charge in [0.1, 0.15) is 11.5 Å². The zero-order valence-electron chi connectivity index (χ0n) is 21.2. The van der Waals surface area contributed by atoms with Crippen LogP contribution in [0.1, 0.15) is 42.6 Å². The van der Waals surface area contributed by atoms with Gasteiger partial charge in [-0.25, -0.2) is 4.98 Å². The molecule has 7 rings (SSSR count). The van der Waals surface area contributed by atoms with Crippen LogP contribution in [0.5, 0.6) is 11.5 Å². The molecule has 36 heavy (non-hydrogen) atoms. The Morgan fingerprint density at radius 2 is 1.67 bits per heavy atom. The van der Waals surface area contributed by atoms with Crippen LogP contribution in [0.15, 0.2) is 36.4 Å². The number of hydrogen-bond acceptors (Lipinski definition) is 7. The van der Waals surface area contributed by atoms with Crippen LogP contribution < -0.4 is 24.6 Å². The molecule has 0 spiro atoms. The number of carbonyl (C=O) groups excluding carboxylic acids is 1. The number of methoxy groups -OCH3 is 2. The van der Waals surface area contributed by atoms with Crippen molar-refractivity contribution >= 4 is 17.4 Å². The van der Waals surface area contributed by atoms with E-state index in [4.69, 9.17) is 14.5 Å². The van der Waals surface area contributed by atoms with Crippen LogP contribution >= 0.6 is 0 Å². The van der Waals surface area contributed by atoms with Gasteiger partial charge in [-0.15, -0.1) is 0 Å². The van der Waals surface area contributed by atoms with Gasteiger partial charge in [-0.2, -0.15) is 0 Å². The Balaban J connectivity index is 1.09. The van der Waals surface area contributed by atoms with Gasteiger partial charge >= 0.3 is 0 Å². The van der Waals surface area contributed by atoms with Crippen molar-refractivity contribution in [2.45, 2.75) is 43.7 Å². The molecular formula is C28H36N4O4. The topological polar surface area (TPSA) is 87.2 Å². The number of anilines is 2. The summed E-state index contributed by atoms with van der Waals surface area (Å²) in [7, 11) is 3.30. The summed E-state index contributed by atoms with van der Waals surface area (Å²) < 4.78 is 10.8. The maximum absolute atomic E-state index is 13.2. The first kappa shape index (κ1) is 23.4. The lowest BCUT2D eigenvalue weighted by molar-refractivity contribution is -0.136. The van der Waals surface area contributed by atoms with Crippen LogP contribution in [-0.4, -0.2) is 68.0 Å². The number of rotatable bonds is 6. The van der Waals surface area contributed by atoms with Crippen molar-refractivity contribution in [2.24, 2.45) is 17.8 Å². The van der Waals surface area contributed by atoms with E-state index in [9.17, 15) is 9.90 Å². The molecule has 1 amide bonds. The summed E-state index contributed by atoms with van der Waals surface area (Å²) in [4.78, 5) is 22.5. The third kappa shape index (κ3) is 4.25. The van der Waals surface area contributed by atoms with Crippen molar-refractivity contribution in [1.82, 2.24) is 10.3 Å². The monoisotopic (exact) mass is 492 g/mol. The molecule has 192 valence electrons. The van der Waals surface area contributed by atoms with Crippen LogP contribution in [0.2, 0.25) is 0 Å². The summed E-state index contributed by atoms with van der Waals surface area (Å²) in [6.07, 6.45) is 4.85. The van der Waals surface area contributed by atoms with Gasteiger partial charge in [-0.1, -0.05) is 6.07 Å². The number of nitrogens with zero attached hydrogens (tertiary/aromatic N) is 3. The zero-order chi connectivity index (χ0) is 24.9. The summed E-state index contributed by atoms with van der Waals surface area (Å²) in [5, 5.41) is 14.2. The largest absolute Gasteiger partial charge is 0.493 e. The van der Waals surface area contributed by atoms with Gasteiger partial charge in [0.2, 0.25) is 0 Å². The maximum Gasteiger partial charge on any atom is 0.270 e. The highest BCUT2D eigenvalue weighted by Crippen LogP contribution is 2.55. The van der Waals surface area contributed by atoms with Crippen LogP contribution in [0, 0.1) is 17.8 Å². The molecule has 2 N–H and O–H groups in total. The summed E-state index contributed by atoms with van der Waals surface area (Å²) in [6.45, 7) is 3.34. The van der Waals surface area contributed by atoms with E-state index in [2.05, 4.69) is 21.2 Å². The number of hydrogen-bond donors (Lipinski definition) is 2. The second-order valence-corrected chi connectivity index (χ2v) is 11.1. The number of nitrogens with one attached hydrogen (secondary N) is 1. The fraction of sp³-hybridized carbons (Fsp3) is 0.571. The van der Waals surface area contributed by atoms with E-state index in [-0.39, 0.29) is 11.9 Å². The van der Waals surface area contributed by atoms with Gasteiger partial charge in [0, 0.05) is 44.0 Å². The molecular weight excluding hydrogens is 456 g/mol. The number of amides is 1. The summed E-state index contributed by atoms with van der Waals surface area (Å²) in [5.74, 6) is 3.60. The fourth-order valence-electron chi connectivity index (χ4n) is 7.38. The number of carbonyl (C=O) groups is 1. The lowest BCUT2D eigenvalue weighted by atomic mass is 9.52. The number of pyridine rings is 1. The van der Waals surface area contributed by atoms with E-state index in [1.54, 1.807) is 14.2 Å². The first-order valence-corrected chi connectivity index (χ1v) is 13.2. The minimum Gasteiger partial charge on any atom is -0.493 e. The minimum absolute atomic E-state index is 0.0923. The van der Waals surface area contributed by atoms with Crippen molar-refractivity contribution in [3.63, 3.8) is 0 Å². The van der Waals surface area contributed by atoms with E-state index < -0.39 is 5.60 Å². The molecule has 4 bridgehead atoms. The molecule has 8 nitrogen and oxygen atoms in total. The lowest BCUT2D eigenvalue weighted by Crippen LogP contribution is -2.61. The quantitative estimate of drug-likeness (QED) is 0.641. The Kier molecular flexibility index (Phi) is 5.94.